The molecule has 1 fully saturated rings. The maximum atomic E-state index is 13.2. The molecule has 2 rings (SSSR count). The van der Waals surface area contributed by atoms with Gasteiger partial charge in [0.05, 0.1) is 0 Å². The maximum Gasteiger partial charge on any atom is 0.127 e. The van der Waals surface area contributed by atoms with Crippen LogP contribution in [-0.4, -0.2) is 0 Å². The van der Waals surface area contributed by atoms with E-state index < -0.39 is 0 Å². The molecule has 0 aliphatic heterocycles. The van der Waals surface area contributed by atoms with Gasteiger partial charge in [-0.05, 0) is 18.4 Å². The Balaban J connectivity index is 2.09. The minimum atomic E-state index is -0.171. The second kappa shape index (κ2) is 3.46. The number of nitrogens with two attached hydrogens (primary N) is 1. The van der Waals surface area contributed by atoms with Crippen LogP contribution in [0, 0.1) is 11.7 Å². The summed E-state index contributed by atoms with van der Waals surface area (Å²) >= 11 is 0. The van der Waals surface area contributed by atoms with Crippen molar-refractivity contribution in [1.82, 2.24) is 0 Å². The van der Waals surface area contributed by atoms with Gasteiger partial charge >= 0.3 is 0 Å². The van der Waals surface area contributed by atoms with E-state index in [2.05, 4.69) is 0 Å². The summed E-state index contributed by atoms with van der Waals surface area (Å²) in [6.07, 6.45) is 3.46. The number of benzene rings is 1. The van der Waals surface area contributed by atoms with Crippen LogP contribution in [0.5, 0.6) is 0 Å². The highest BCUT2D eigenvalue weighted by molar-refractivity contribution is 5.20. The summed E-state index contributed by atoms with van der Waals surface area (Å²) in [5.74, 6) is 0.574. The van der Waals surface area contributed by atoms with Crippen LogP contribution in [0.3, 0.4) is 0 Å². The Hall–Kier alpha value is -0.890. The highest BCUT2D eigenvalue weighted by Gasteiger charge is 2.25. The molecule has 2 N–H and O–H groups in total. The SMILES string of the molecule is NC(CC1CC1)c1ccccc1F. The topological polar surface area (TPSA) is 26.0 Å². The lowest BCUT2D eigenvalue weighted by Crippen LogP contribution is -2.12. The van der Waals surface area contributed by atoms with Crippen molar-refractivity contribution in [3.05, 3.63) is 35.6 Å². The minimum Gasteiger partial charge on any atom is -0.324 e. The number of halogens is 1. The van der Waals surface area contributed by atoms with Gasteiger partial charge in [-0.2, -0.15) is 0 Å². The Morgan fingerprint density at radius 2 is 2.08 bits per heavy atom. The van der Waals surface area contributed by atoms with Crippen LogP contribution >= 0.6 is 0 Å². The van der Waals surface area contributed by atoms with Crippen molar-refractivity contribution in [1.29, 1.82) is 0 Å². The van der Waals surface area contributed by atoms with Gasteiger partial charge in [-0.25, -0.2) is 4.39 Å². The van der Waals surface area contributed by atoms with Crippen LogP contribution in [0.15, 0.2) is 24.3 Å². The summed E-state index contributed by atoms with van der Waals surface area (Å²) in [7, 11) is 0. The second-order valence-electron chi connectivity index (χ2n) is 3.81. The van der Waals surface area contributed by atoms with E-state index in [9.17, 15) is 4.39 Å². The molecule has 0 saturated heterocycles. The fraction of sp³-hybridized carbons (Fsp3) is 0.455. The van der Waals surface area contributed by atoms with Crippen molar-refractivity contribution in [3.63, 3.8) is 0 Å². The minimum absolute atomic E-state index is 0.117. The lowest BCUT2D eigenvalue weighted by molar-refractivity contribution is 0.543. The molecule has 0 heterocycles. The van der Waals surface area contributed by atoms with Gasteiger partial charge < -0.3 is 5.73 Å². The number of hydrogen-bond acceptors (Lipinski definition) is 1. The first-order valence-corrected chi connectivity index (χ1v) is 4.77. The van der Waals surface area contributed by atoms with Gasteiger partial charge in [-0.1, -0.05) is 31.0 Å². The molecule has 13 heavy (non-hydrogen) atoms. The summed E-state index contributed by atoms with van der Waals surface area (Å²) in [6.45, 7) is 0. The number of rotatable bonds is 3. The van der Waals surface area contributed by atoms with Gasteiger partial charge in [-0.15, -0.1) is 0 Å². The van der Waals surface area contributed by atoms with Crippen LogP contribution in [0.4, 0.5) is 4.39 Å². The fourth-order valence-corrected chi connectivity index (χ4v) is 1.62. The lowest BCUT2D eigenvalue weighted by atomic mass is 10.0. The zero-order valence-corrected chi connectivity index (χ0v) is 7.54. The van der Waals surface area contributed by atoms with Gasteiger partial charge in [0.15, 0.2) is 0 Å². The molecule has 1 unspecified atom stereocenters. The maximum absolute atomic E-state index is 13.2. The second-order valence-corrected chi connectivity index (χ2v) is 3.81. The van der Waals surface area contributed by atoms with Crippen molar-refractivity contribution < 1.29 is 4.39 Å². The highest BCUT2D eigenvalue weighted by atomic mass is 19.1. The summed E-state index contributed by atoms with van der Waals surface area (Å²) in [4.78, 5) is 0. The zero-order valence-electron chi connectivity index (χ0n) is 7.54. The van der Waals surface area contributed by atoms with E-state index in [1.807, 2.05) is 6.07 Å². The molecular weight excluding hydrogens is 165 g/mol. The van der Waals surface area contributed by atoms with E-state index in [1.54, 1.807) is 12.1 Å². The Kier molecular flexibility index (Phi) is 2.32. The largest absolute Gasteiger partial charge is 0.324 e. The molecule has 1 aliphatic carbocycles. The Morgan fingerprint density at radius 1 is 1.38 bits per heavy atom. The van der Waals surface area contributed by atoms with E-state index in [4.69, 9.17) is 5.73 Å². The third-order valence-corrected chi connectivity index (χ3v) is 2.59. The molecule has 2 heteroatoms. The molecule has 0 radical (unpaired) electrons. The van der Waals surface area contributed by atoms with Crippen molar-refractivity contribution in [3.8, 4) is 0 Å². The molecular formula is C11H14FN. The molecule has 70 valence electrons. The van der Waals surface area contributed by atoms with Crippen LogP contribution in [-0.2, 0) is 0 Å². The molecule has 0 aromatic heterocycles. The van der Waals surface area contributed by atoms with E-state index in [1.165, 1.54) is 18.9 Å². The molecule has 0 spiro atoms. The van der Waals surface area contributed by atoms with Crippen molar-refractivity contribution in [2.45, 2.75) is 25.3 Å². The first-order valence-electron chi connectivity index (χ1n) is 4.77. The smallest absolute Gasteiger partial charge is 0.127 e. The quantitative estimate of drug-likeness (QED) is 0.758. The van der Waals surface area contributed by atoms with Gasteiger partial charge in [0.1, 0.15) is 5.82 Å². The monoisotopic (exact) mass is 179 g/mol. The first-order chi connectivity index (χ1) is 6.27. The predicted molar refractivity (Wildman–Crippen MR) is 50.7 cm³/mol. The molecule has 1 aromatic carbocycles. The summed E-state index contributed by atoms with van der Waals surface area (Å²) < 4.78 is 13.2. The average molecular weight is 179 g/mol. The van der Waals surface area contributed by atoms with E-state index in [-0.39, 0.29) is 11.9 Å². The zero-order chi connectivity index (χ0) is 9.26. The van der Waals surface area contributed by atoms with E-state index in [0.717, 1.165) is 12.3 Å². The standard InChI is InChI=1S/C11H14FN/c12-10-4-2-1-3-9(10)11(13)7-8-5-6-8/h1-4,8,11H,5-7,13H2. The highest BCUT2D eigenvalue weighted by Crippen LogP contribution is 2.37. The van der Waals surface area contributed by atoms with Crippen molar-refractivity contribution in [2.24, 2.45) is 11.7 Å². The average Bonchev–Trinajstić information content (AvgIpc) is 2.89. The van der Waals surface area contributed by atoms with Crippen LogP contribution in [0.1, 0.15) is 30.9 Å². The van der Waals surface area contributed by atoms with Crippen molar-refractivity contribution >= 4 is 0 Å². The molecule has 1 aromatic rings. The molecule has 0 bridgehead atoms. The molecule has 1 saturated carbocycles. The molecule has 1 atom stereocenters. The van der Waals surface area contributed by atoms with Gasteiger partial charge in [-0.3, -0.25) is 0 Å². The Bertz CT molecular complexity index is 294. The number of hydrogen-bond donors (Lipinski definition) is 1. The Morgan fingerprint density at radius 3 is 2.69 bits per heavy atom. The molecule has 0 amide bonds. The van der Waals surface area contributed by atoms with Gasteiger partial charge in [0, 0.05) is 11.6 Å². The van der Waals surface area contributed by atoms with Crippen LogP contribution in [0.25, 0.3) is 0 Å². The van der Waals surface area contributed by atoms with Crippen LogP contribution < -0.4 is 5.73 Å². The molecule has 1 nitrogen and oxygen atoms in total. The summed E-state index contributed by atoms with van der Waals surface area (Å²) in [5.41, 5.74) is 6.56. The first kappa shape index (κ1) is 8.70. The Labute approximate surface area is 77.8 Å². The third-order valence-electron chi connectivity index (χ3n) is 2.59. The van der Waals surface area contributed by atoms with Crippen LogP contribution in [0.2, 0.25) is 0 Å². The fourth-order valence-electron chi connectivity index (χ4n) is 1.62. The van der Waals surface area contributed by atoms with Gasteiger partial charge in [0.2, 0.25) is 0 Å². The third kappa shape index (κ3) is 2.07. The van der Waals surface area contributed by atoms with Crippen molar-refractivity contribution in [2.75, 3.05) is 0 Å². The van der Waals surface area contributed by atoms with Gasteiger partial charge in [0.25, 0.3) is 0 Å². The summed E-state index contributed by atoms with van der Waals surface area (Å²) in [6, 6.07) is 6.67. The summed E-state index contributed by atoms with van der Waals surface area (Å²) in [5, 5.41) is 0. The normalized spacial score (nSPS) is 18.6. The van der Waals surface area contributed by atoms with E-state index in [0.29, 0.717) is 5.56 Å². The van der Waals surface area contributed by atoms with E-state index >= 15 is 0 Å². The lowest BCUT2D eigenvalue weighted by Gasteiger charge is -2.11. The predicted octanol–water partition coefficient (Wildman–Crippen LogP) is 2.63. The molecule has 1 aliphatic rings.